The first-order valence-electron chi connectivity index (χ1n) is 11.9. The lowest BCUT2D eigenvalue weighted by atomic mass is 10.0. The van der Waals surface area contributed by atoms with Crippen LogP contribution in [0.1, 0.15) is 39.5 Å². The Morgan fingerprint density at radius 3 is 2.36 bits per heavy atom. The Morgan fingerprint density at radius 2 is 1.72 bits per heavy atom. The van der Waals surface area contributed by atoms with Gasteiger partial charge in [0, 0.05) is 34.9 Å². The van der Waals surface area contributed by atoms with E-state index in [1.165, 1.54) is 30.0 Å². The lowest BCUT2D eigenvalue weighted by Crippen LogP contribution is -2.42. The van der Waals surface area contributed by atoms with Gasteiger partial charge in [0.25, 0.3) is 5.91 Å². The van der Waals surface area contributed by atoms with Crippen molar-refractivity contribution in [2.75, 3.05) is 18.0 Å². The highest BCUT2D eigenvalue weighted by Crippen LogP contribution is 2.29. The number of nitrogens with one attached hydrogen (secondary N) is 1. The maximum absolute atomic E-state index is 14.5. The number of nitrogens with two attached hydrogens (primary N) is 1. The number of nitrogen functional groups attached to an aromatic ring is 1. The molecule has 39 heavy (non-hydrogen) atoms. The fourth-order valence-electron chi connectivity index (χ4n) is 4.07. The summed E-state index contributed by atoms with van der Waals surface area (Å²) in [5.74, 6) is 1.08. The van der Waals surface area contributed by atoms with Gasteiger partial charge >= 0.3 is 5.97 Å². The van der Waals surface area contributed by atoms with Crippen LogP contribution in [0, 0.1) is 34.8 Å². The third kappa shape index (κ3) is 6.10. The molecular formula is C29H24F2N4O4. The summed E-state index contributed by atoms with van der Waals surface area (Å²) in [6.45, 7) is 0.534. The van der Waals surface area contributed by atoms with E-state index in [2.05, 4.69) is 11.8 Å². The van der Waals surface area contributed by atoms with Gasteiger partial charge in [0.2, 0.25) is 5.91 Å². The van der Waals surface area contributed by atoms with Crippen LogP contribution in [0.2, 0.25) is 0 Å². The average molecular weight is 531 g/mol. The Kier molecular flexibility index (Phi) is 7.72. The van der Waals surface area contributed by atoms with Gasteiger partial charge in [-0.3, -0.25) is 19.8 Å². The van der Waals surface area contributed by atoms with Crippen LogP contribution >= 0.6 is 0 Å². The molecule has 3 aromatic carbocycles. The number of carboxylic acid groups (broad SMARTS) is 1. The maximum atomic E-state index is 14.5. The number of amides is 2. The Bertz CT molecular complexity index is 1540. The Balaban J connectivity index is 1.74. The van der Waals surface area contributed by atoms with Crippen LogP contribution in [-0.4, -0.2) is 46.7 Å². The van der Waals surface area contributed by atoms with Crippen LogP contribution in [0.5, 0.6) is 0 Å². The Morgan fingerprint density at radius 1 is 1.05 bits per heavy atom. The topological polar surface area (TPSA) is 128 Å². The molecule has 0 radical (unpaired) electrons. The number of hydrogen-bond acceptors (Lipinski definition) is 4. The summed E-state index contributed by atoms with van der Waals surface area (Å²) >= 11 is 0. The normalized spacial score (nSPS) is 13.7. The third-order valence-electron chi connectivity index (χ3n) is 6.24. The number of carbonyl (C=O) groups is 3. The molecule has 2 amide bonds. The molecule has 8 nitrogen and oxygen atoms in total. The second kappa shape index (κ2) is 11.1. The van der Waals surface area contributed by atoms with E-state index in [-0.39, 0.29) is 35.7 Å². The largest absolute Gasteiger partial charge is 0.481 e. The average Bonchev–Trinajstić information content (AvgIpc) is 2.99. The zero-order chi connectivity index (χ0) is 28.3. The van der Waals surface area contributed by atoms with Crippen molar-refractivity contribution in [2.45, 2.75) is 13.5 Å². The van der Waals surface area contributed by atoms with E-state index in [0.29, 0.717) is 22.8 Å². The van der Waals surface area contributed by atoms with Gasteiger partial charge in [-0.15, -0.1) is 0 Å². The van der Waals surface area contributed by atoms with Crippen LogP contribution < -0.4 is 10.6 Å². The number of rotatable bonds is 6. The molecule has 0 spiro atoms. The number of benzene rings is 3. The number of anilines is 1. The minimum atomic E-state index is -1.12. The van der Waals surface area contributed by atoms with E-state index in [9.17, 15) is 28.3 Å². The van der Waals surface area contributed by atoms with Crippen molar-refractivity contribution >= 4 is 29.3 Å². The van der Waals surface area contributed by atoms with Crippen molar-refractivity contribution in [3.8, 4) is 11.8 Å². The molecule has 3 aromatic rings. The summed E-state index contributed by atoms with van der Waals surface area (Å²) in [7, 11) is 0. The predicted octanol–water partition coefficient (Wildman–Crippen LogP) is 3.36. The summed E-state index contributed by atoms with van der Waals surface area (Å²) in [6.07, 6.45) is 0. The van der Waals surface area contributed by atoms with Gasteiger partial charge in [-0.05, 0) is 36.4 Å². The molecule has 0 bridgehead atoms. The molecule has 198 valence electrons. The van der Waals surface area contributed by atoms with Crippen LogP contribution in [0.15, 0.2) is 60.7 Å². The first-order chi connectivity index (χ1) is 18.5. The van der Waals surface area contributed by atoms with Crippen molar-refractivity contribution in [3.63, 3.8) is 0 Å². The zero-order valence-electron chi connectivity index (χ0n) is 20.9. The van der Waals surface area contributed by atoms with Crippen molar-refractivity contribution in [1.29, 1.82) is 5.41 Å². The molecule has 4 N–H and O–H groups in total. The summed E-state index contributed by atoms with van der Waals surface area (Å²) in [4.78, 5) is 40.6. The van der Waals surface area contributed by atoms with Gasteiger partial charge < -0.3 is 20.6 Å². The summed E-state index contributed by atoms with van der Waals surface area (Å²) < 4.78 is 27.9. The molecule has 0 fully saturated rings. The predicted molar refractivity (Wildman–Crippen MR) is 140 cm³/mol. The molecule has 4 rings (SSSR count). The van der Waals surface area contributed by atoms with Gasteiger partial charge in [-0.2, -0.15) is 0 Å². The number of aliphatic carboxylic acids is 1. The standard InChI is InChI=1S/C29H24F2N4O4/c1-17(29(38)39)14-34-16-26(36)35(15-21-9-10-22(30)13-24(21)31)25-11-6-19(12-23(25)28(34)37)3-2-18-4-7-20(8-5-18)27(32)33/h4-13,17H,14-16H2,1H3,(H3,32,33)(H,38,39). The van der Waals surface area contributed by atoms with Crippen LogP contribution in [0.3, 0.4) is 0 Å². The van der Waals surface area contributed by atoms with Crippen LogP contribution in [0.4, 0.5) is 14.5 Å². The van der Waals surface area contributed by atoms with Gasteiger partial charge in [0.15, 0.2) is 0 Å². The SMILES string of the molecule is CC(CN1CC(=O)N(Cc2ccc(F)cc2F)c2ccc(C#Cc3ccc(C(=N)N)cc3)cc2C1=O)C(=O)O. The number of carboxylic acids is 1. The molecule has 0 saturated heterocycles. The van der Waals surface area contributed by atoms with Gasteiger partial charge in [0.05, 0.1) is 23.7 Å². The Hall–Kier alpha value is -5.04. The molecule has 1 atom stereocenters. The van der Waals surface area contributed by atoms with Crippen LogP contribution in [0.25, 0.3) is 0 Å². The van der Waals surface area contributed by atoms with E-state index in [1.807, 2.05) is 0 Å². The molecule has 0 aromatic heterocycles. The minimum absolute atomic E-state index is 0.0494. The number of fused-ring (bicyclic) bond motifs is 1. The van der Waals surface area contributed by atoms with Crippen molar-refractivity contribution in [1.82, 2.24) is 4.90 Å². The van der Waals surface area contributed by atoms with Gasteiger partial charge in [-0.25, -0.2) is 8.78 Å². The molecule has 1 heterocycles. The summed E-state index contributed by atoms with van der Waals surface area (Å²) in [5, 5.41) is 16.8. The smallest absolute Gasteiger partial charge is 0.308 e. The molecular weight excluding hydrogens is 506 g/mol. The highest BCUT2D eigenvalue weighted by Gasteiger charge is 2.33. The first kappa shape index (κ1) is 27.0. The van der Waals surface area contributed by atoms with Crippen molar-refractivity contribution in [2.24, 2.45) is 11.7 Å². The van der Waals surface area contributed by atoms with E-state index >= 15 is 0 Å². The second-order valence-electron chi connectivity index (χ2n) is 9.11. The lowest BCUT2D eigenvalue weighted by molar-refractivity contribution is -0.141. The number of nitrogens with zero attached hydrogens (tertiary/aromatic N) is 2. The number of hydrogen-bond donors (Lipinski definition) is 3. The third-order valence-corrected chi connectivity index (χ3v) is 6.24. The second-order valence-corrected chi connectivity index (χ2v) is 9.11. The fourth-order valence-corrected chi connectivity index (χ4v) is 4.07. The zero-order valence-corrected chi connectivity index (χ0v) is 20.9. The van der Waals surface area contributed by atoms with E-state index < -0.39 is 41.9 Å². The number of halogens is 2. The monoisotopic (exact) mass is 530 g/mol. The molecule has 1 unspecified atom stereocenters. The van der Waals surface area contributed by atoms with Crippen molar-refractivity contribution in [3.05, 3.63) is 100 Å². The van der Waals surface area contributed by atoms with Gasteiger partial charge in [0.1, 0.15) is 24.0 Å². The molecule has 1 aliphatic rings. The molecule has 0 saturated carbocycles. The summed E-state index contributed by atoms with van der Waals surface area (Å²) in [6, 6.07) is 14.4. The quantitative estimate of drug-likeness (QED) is 0.256. The van der Waals surface area contributed by atoms with Crippen LogP contribution in [-0.2, 0) is 16.1 Å². The maximum Gasteiger partial charge on any atom is 0.308 e. The lowest BCUT2D eigenvalue weighted by Gasteiger charge is -2.24. The first-order valence-corrected chi connectivity index (χ1v) is 11.9. The number of amidine groups is 1. The Labute approximate surface area is 223 Å². The highest BCUT2D eigenvalue weighted by molar-refractivity contribution is 6.10. The summed E-state index contributed by atoms with van der Waals surface area (Å²) in [5.41, 5.74) is 7.47. The minimum Gasteiger partial charge on any atom is -0.481 e. The molecule has 1 aliphatic heterocycles. The number of carbonyl (C=O) groups excluding carboxylic acids is 2. The van der Waals surface area contributed by atoms with Crippen molar-refractivity contribution < 1.29 is 28.3 Å². The molecule has 10 heteroatoms. The van der Waals surface area contributed by atoms with E-state index in [1.54, 1.807) is 30.3 Å². The highest BCUT2D eigenvalue weighted by atomic mass is 19.1. The van der Waals surface area contributed by atoms with Gasteiger partial charge in [-0.1, -0.05) is 37.0 Å². The fraction of sp³-hybridized carbons (Fsp3) is 0.172. The molecule has 0 aliphatic carbocycles. The van der Waals surface area contributed by atoms with E-state index in [4.69, 9.17) is 11.1 Å². The van der Waals surface area contributed by atoms with E-state index in [0.717, 1.165) is 11.0 Å².